The number of pyridine rings is 1. The van der Waals surface area contributed by atoms with Gasteiger partial charge < -0.3 is 4.42 Å². The number of rotatable bonds is 2. The van der Waals surface area contributed by atoms with Crippen molar-refractivity contribution in [3.05, 3.63) is 94.9 Å². The topological polar surface area (TPSA) is 21.4 Å². The lowest BCUT2D eigenvalue weighted by Crippen LogP contribution is -2.35. The number of aromatic nitrogens is 1. The Morgan fingerprint density at radius 3 is 2.48 bits per heavy atom. The molecule has 5 rings (SSSR count). The van der Waals surface area contributed by atoms with Crippen LogP contribution in [0.1, 0.15) is 19.6 Å². The first-order valence-electron chi connectivity index (χ1n) is 11.2. The minimum Gasteiger partial charge on any atom is -0.466 e. The molecule has 0 amide bonds. The standard InChI is InChI=1S/C28H23N2O/c1-17-14-19(3)30(5)24(15-17)25-18(2)16-22(20-10-7-6-8-11-20)26-21-12-9-13-23(29-4)27(21)31-28(25)26/h6-16H,1-3,5H3/q+1/i14D,15D. The molecule has 0 spiro atoms. The molecule has 3 heteroatoms. The van der Waals surface area contributed by atoms with Crippen molar-refractivity contribution in [2.45, 2.75) is 20.8 Å². The van der Waals surface area contributed by atoms with E-state index in [0.29, 0.717) is 40.2 Å². The number of hydrogen-bond donors (Lipinski definition) is 0. The van der Waals surface area contributed by atoms with Gasteiger partial charge in [-0.1, -0.05) is 48.5 Å². The van der Waals surface area contributed by atoms with Gasteiger partial charge in [-0.2, -0.15) is 4.57 Å². The van der Waals surface area contributed by atoms with Gasteiger partial charge in [-0.3, -0.25) is 0 Å². The van der Waals surface area contributed by atoms with Crippen LogP contribution in [0.25, 0.3) is 49.2 Å². The van der Waals surface area contributed by atoms with Crippen molar-refractivity contribution in [1.82, 2.24) is 0 Å². The first-order valence-corrected chi connectivity index (χ1v) is 10.2. The number of benzene rings is 3. The van der Waals surface area contributed by atoms with Crippen LogP contribution in [-0.4, -0.2) is 0 Å². The number of para-hydroxylation sites is 1. The fourth-order valence-corrected chi connectivity index (χ4v) is 4.36. The summed E-state index contributed by atoms with van der Waals surface area (Å²) in [6.07, 6.45) is 0. The van der Waals surface area contributed by atoms with Crippen LogP contribution in [0.3, 0.4) is 0 Å². The lowest BCUT2D eigenvalue weighted by Gasteiger charge is -2.12. The zero-order valence-electron chi connectivity index (χ0n) is 20.0. The molecule has 0 saturated carbocycles. The molecule has 0 aliphatic carbocycles. The molecule has 2 aromatic heterocycles. The van der Waals surface area contributed by atoms with Crippen molar-refractivity contribution in [3.63, 3.8) is 0 Å². The average molecular weight is 406 g/mol. The summed E-state index contributed by atoms with van der Waals surface area (Å²) in [6.45, 7) is 13.4. The normalized spacial score (nSPS) is 12.1. The maximum absolute atomic E-state index is 8.88. The molecule has 0 radical (unpaired) electrons. The van der Waals surface area contributed by atoms with Crippen LogP contribution in [0, 0.1) is 27.3 Å². The summed E-state index contributed by atoms with van der Waals surface area (Å²) in [7, 11) is 1.89. The molecule has 3 aromatic carbocycles. The Morgan fingerprint density at radius 2 is 1.74 bits per heavy atom. The lowest BCUT2D eigenvalue weighted by atomic mass is 9.92. The van der Waals surface area contributed by atoms with Crippen molar-refractivity contribution in [2.75, 3.05) is 0 Å². The maximum Gasteiger partial charge on any atom is 0.229 e. The highest BCUT2D eigenvalue weighted by molar-refractivity contribution is 6.18. The third-order valence-electron chi connectivity index (χ3n) is 5.90. The molecule has 5 aromatic rings. The highest BCUT2D eigenvalue weighted by Crippen LogP contribution is 2.45. The van der Waals surface area contributed by atoms with E-state index in [1.807, 2.05) is 62.7 Å². The first kappa shape index (κ1) is 16.8. The molecule has 3 nitrogen and oxygen atoms in total. The Labute approximate surface area is 184 Å². The molecule has 0 saturated heterocycles. The molecule has 0 fully saturated rings. The molecule has 0 atom stereocenters. The number of hydrogen-bond acceptors (Lipinski definition) is 1. The maximum atomic E-state index is 8.88. The number of furan rings is 1. The zero-order chi connectivity index (χ0) is 23.4. The highest BCUT2D eigenvalue weighted by Gasteiger charge is 2.25. The number of nitrogens with zero attached hydrogens (tertiary/aromatic N) is 2. The van der Waals surface area contributed by atoms with E-state index in [2.05, 4.69) is 23.0 Å². The Kier molecular flexibility index (Phi) is 3.86. The van der Waals surface area contributed by atoms with Crippen molar-refractivity contribution >= 4 is 27.6 Å². The van der Waals surface area contributed by atoms with E-state index in [0.717, 1.165) is 38.7 Å². The third-order valence-corrected chi connectivity index (χ3v) is 5.90. The summed E-state index contributed by atoms with van der Waals surface area (Å²) in [6, 6.07) is 18.7. The fraction of sp³-hybridized carbons (Fsp3) is 0.143. The van der Waals surface area contributed by atoms with E-state index < -0.39 is 0 Å². The summed E-state index contributed by atoms with van der Waals surface area (Å²) in [5.74, 6) is 0. The molecule has 0 bridgehead atoms. The predicted octanol–water partition coefficient (Wildman–Crippen LogP) is 7.22. The monoisotopic (exact) mass is 405 g/mol. The van der Waals surface area contributed by atoms with Crippen LogP contribution in [0.15, 0.2) is 71.1 Å². The van der Waals surface area contributed by atoms with Crippen molar-refractivity contribution < 1.29 is 11.7 Å². The number of fused-ring (bicyclic) bond motifs is 3. The smallest absolute Gasteiger partial charge is 0.229 e. The van der Waals surface area contributed by atoms with E-state index >= 15 is 0 Å². The Bertz CT molecular complexity index is 1600. The Balaban J connectivity index is 2.03. The van der Waals surface area contributed by atoms with Gasteiger partial charge in [-0.05, 0) is 42.2 Å². The molecule has 0 unspecified atom stereocenters. The molecule has 2 heterocycles. The lowest BCUT2D eigenvalue weighted by molar-refractivity contribution is -0.666. The van der Waals surface area contributed by atoms with Crippen molar-refractivity contribution in [2.24, 2.45) is 7.05 Å². The Hall–Kier alpha value is -3.90. The summed E-state index contributed by atoms with van der Waals surface area (Å²) in [4.78, 5) is 3.69. The molecule has 0 N–H and O–H groups in total. The minimum absolute atomic E-state index is 0.316. The van der Waals surface area contributed by atoms with Gasteiger partial charge in [0.15, 0.2) is 5.69 Å². The molecular weight excluding hydrogens is 380 g/mol. The van der Waals surface area contributed by atoms with Crippen molar-refractivity contribution in [1.29, 1.82) is 0 Å². The van der Waals surface area contributed by atoms with E-state index in [1.54, 1.807) is 6.07 Å². The van der Waals surface area contributed by atoms with E-state index in [4.69, 9.17) is 13.7 Å². The van der Waals surface area contributed by atoms with Crippen LogP contribution in [0.5, 0.6) is 0 Å². The number of aryl methyl sites for hydroxylation is 1. The molecule has 0 aliphatic heterocycles. The second kappa shape index (κ2) is 7.11. The summed E-state index contributed by atoms with van der Waals surface area (Å²) < 4.78 is 25.6. The largest absolute Gasteiger partial charge is 0.466 e. The van der Waals surface area contributed by atoms with Gasteiger partial charge >= 0.3 is 0 Å². The van der Waals surface area contributed by atoms with Crippen LogP contribution < -0.4 is 4.57 Å². The summed E-state index contributed by atoms with van der Waals surface area (Å²) >= 11 is 0. The quantitative estimate of drug-likeness (QED) is 0.224. The van der Waals surface area contributed by atoms with Gasteiger partial charge in [0.25, 0.3) is 0 Å². The van der Waals surface area contributed by atoms with Gasteiger partial charge in [-0.15, -0.1) is 0 Å². The molecule has 150 valence electrons. The SMILES string of the molecule is [2H]c1c(C)c([2H])c(-c2c(C)cc(-c3ccccc3)c3c2oc2c([N+]#[C-])cccc23)[n+](C)c1C. The highest BCUT2D eigenvalue weighted by atomic mass is 16.3. The van der Waals surface area contributed by atoms with Gasteiger partial charge in [-0.25, -0.2) is 4.85 Å². The summed E-state index contributed by atoms with van der Waals surface area (Å²) in [5.41, 5.74) is 7.74. The summed E-state index contributed by atoms with van der Waals surface area (Å²) in [5, 5.41) is 1.82. The van der Waals surface area contributed by atoms with Crippen LogP contribution in [-0.2, 0) is 7.05 Å². The average Bonchev–Trinajstić information content (AvgIpc) is 3.22. The second-order valence-corrected chi connectivity index (χ2v) is 7.92. The Morgan fingerprint density at radius 1 is 0.968 bits per heavy atom. The van der Waals surface area contributed by atoms with Crippen molar-refractivity contribution in [3.8, 4) is 22.4 Å². The van der Waals surface area contributed by atoms with E-state index in [1.165, 1.54) is 0 Å². The first-order chi connectivity index (χ1) is 15.8. The predicted molar refractivity (Wildman–Crippen MR) is 126 cm³/mol. The van der Waals surface area contributed by atoms with Crippen LogP contribution >= 0.6 is 0 Å². The zero-order valence-corrected chi connectivity index (χ0v) is 18.0. The van der Waals surface area contributed by atoms with Gasteiger partial charge in [0.2, 0.25) is 11.4 Å². The van der Waals surface area contributed by atoms with Crippen LogP contribution in [0.4, 0.5) is 5.69 Å². The van der Waals surface area contributed by atoms with Gasteiger partial charge in [0.05, 0.1) is 14.9 Å². The molecule has 31 heavy (non-hydrogen) atoms. The third kappa shape index (κ3) is 2.92. The van der Waals surface area contributed by atoms with E-state index in [-0.39, 0.29) is 0 Å². The van der Waals surface area contributed by atoms with E-state index in [9.17, 15) is 0 Å². The van der Waals surface area contributed by atoms with Crippen LogP contribution in [0.2, 0.25) is 0 Å². The fourth-order valence-electron chi connectivity index (χ4n) is 4.36. The second-order valence-electron chi connectivity index (χ2n) is 7.92. The van der Waals surface area contributed by atoms with Gasteiger partial charge in [0, 0.05) is 29.8 Å². The molecule has 0 aliphatic rings. The van der Waals surface area contributed by atoms with Gasteiger partial charge in [0.1, 0.15) is 18.2 Å². The minimum atomic E-state index is 0.316. The molecular formula is C28H23N2O+.